The average molecular weight is 205 g/mol. The van der Waals surface area contributed by atoms with Crippen LogP contribution in [-0.2, 0) is 0 Å². The summed E-state index contributed by atoms with van der Waals surface area (Å²) in [5, 5.41) is 0. The lowest BCUT2D eigenvalue weighted by atomic mass is 9.80. The fourth-order valence-electron chi connectivity index (χ4n) is 2.19. The fraction of sp³-hybridized carbons (Fsp3) is 1.00. The number of alkyl halides is 2. The summed E-state index contributed by atoms with van der Waals surface area (Å²) >= 11 is 0. The van der Waals surface area contributed by atoms with Gasteiger partial charge in [-0.15, -0.1) is 0 Å². The molecule has 1 nitrogen and oxygen atoms in total. The molecule has 0 aromatic heterocycles. The molecule has 3 heteroatoms. The van der Waals surface area contributed by atoms with Crippen LogP contribution in [-0.4, -0.2) is 24.5 Å². The van der Waals surface area contributed by atoms with Gasteiger partial charge in [0.05, 0.1) is 0 Å². The van der Waals surface area contributed by atoms with Crippen molar-refractivity contribution in [2.24, 2.45) is 11.3 Å². The Balaban J connectivity index is 2.50. The van der Waals surface area contributed by atoms with E-state index in [1.54, 1.807) is 0 Å². The molecule has 0 radical (unpaired) electrons. The van der Waals surface area contributed by atoms with Gasteiger partial charge in [0.1, 0.15) is 0 Å². The van der Waals surface area contributed by atoms with Crippen LogP contribution in [0.25, 0.3) is 0 Å². The van der Waals surface area contributed by atoms with Gasteiger partial charge in [-0.3, -0.25) is 0 Å². The highest BCUT2D eigenvalue weighted by atomic mass is 19.2. The third-order valence-electron chi connectivity index (χ3n) is 2.84. The Labute approximate surface area is 85.5 Å². The van der Waals surface area contributed by atoms with Crippen LogP contribution in [0.15, 0.2) is 0 Å². The van der Waals surface area contributed by atoms with Gasteiger partial charge in [0.25, 0.3) is 0 Å². The molecule has 0 bridgehead atoms. The van der Waals surface area contributed by atoms with E-state index in [-0.39, 0.29) is 11.3 Å². The molecule has 1 aliphatic heterocycles. The van der Waals surface area contributed by atoms with E-state index in [1.165, 1.54) is 11.9 Å². The molecule has 1 saturated heterocycles. The number of hydrogen-bond donors (Lipinski definition) is 0. The van der Waals surface area contributed by atoms with Gasteiger partial charge in [-0.2, -0.15) is 0 Å². The number of halogens is 2. The van der Waals surface area contributed by atoms with Gasteiger partial charge in [0.2, 0.25) is 0 Å². The van der Waals surface area contributed by atoms with E-state index in [0.29, 0.717) is 12.8 Å². The lowest BCUT2D eigenvalue weighted by Crippen LogP contribution is -2.43. The Kier molecular flexibility index (Phi) is 3.51. The number of likely N-dealkylation sites (tertiary alicyclic amines) is 1. The summed E-state index contributed by atoms with van der Waals surface area (Å²) in [5.74, 6) is 0.191. The second-order valence-electron chi connectivity index (χ2n) is 5.64. The molecule has 0 aromatic carbocycles. The zero-order chi connectivity index (χ0) is 10.9. The van der Waals surface area contributed by atoms with E-state index in [0.717, 1.165) is 6.42 Å². The summed E-state index contributed by atoms with van der Waals surface area (Å²) in [7, 11) is 1.52. The van der Waals surface area contributed by atoms with Gasteiger partial charge in [-0.25, -0.2) is 13.7 Å². The molecule has 1 aliphatic rings. The predicted octanol–water partition coefficient (Wildman–Crippen LogP) is 3.36. The summed E-state index contributed by atoms with van der Waals surface area (Å²) in [6.45, 7) is 6.35. The average Bonchev–Trinajstić information content (AvgIpc) is 1.96. The van der Waals surface area contributed by atoms with E-state index in [2.05, 4.69) is 20.8 Å². The first-order valence-corrected chi connectivity index (χ1v) is 5.29. The van der Waals surface area contributed by atoms with Crippen molar-refractivity contribution in [1.82, 2.24) is 4.90 Å². The maximum atomic E-state index is 13.3. The van der Waals surface area contributed by atoms with Crippen LogP contribution < -0.4 is 0 Å². The summed E-state index contributed by atoms with van der Waals surface area (Å²) in [4.78, 5) is 1.19. The third kappa shape index (κ3) is 3.19. The Morgan fingerprint density at radius 3 is 1.93 bits per heavy atom. The van der Waals surface area contributed by atoms with Crippen LogP contribution in [0.3, 0.4) is 0 Å². The van der Waals surface area contributed by atoms with Crippen molar-refractivity contribution in [3.05, 3.63) is 0 Å². The highest BCUT2D eigenvalue weighted by molar-refractivity contribution is 4.79. The Morgan fingerprint density at radius 1 is 1.14 bits per heavy atom. The van der Waals surface area contributed by atoms with Gasteiger partial charge in [-0.05, 0) is 37.6 Å². The molecule has 0 aliphatic carbocycles. The van der Waals surface area contributed by atoms with E-state index in [4.69, 9.17) is 0 Å². The Hall–Kier alpha value is -0.180. The number of nitrogens with zero attached hydrogens (tertiary/aromatic N) is 1. The molecule has 0 spiro atoms. The van der Waals surface area contributed by atoms with Crippen molar-refractivity contribution in [3.63, 3.8) is 0 Å². The maximum Gasteiger partial charge on any atom is 0.155 e. The highest BCUT2D eigenvalue weighted by Crippen LogP contribution is 2.35. The molecule has 1 heterocycles. The van der Waals surface area contributed by atoms with Crippen molar-refractivity contribution in [2.75, 3.05) is 7.05 Å². The summed E-state index contributed by atoms with van der Waals surface area (Å²) in [5.41, 5.74) is 0.167. The molecule has 1 fully saturated rings. The minimum absolute atomic E-state index is 0.167. The number of rotatable bonds is 1. The quantitative estimate of drug-likeness (QED) is 0.593. The molecular weight excluding hydrogens is 184 g/mol. The monoisotopic (exact) mass is 205 g/mol. The molecule has 0 amide bonds. The number of piperidine rings is 1. The topological polar surface area (TPSA) is 3.24 Å². The first-order chi connectivity index (χ1) is 6.29. The van der Waals surface area contributed by atoms with Crippen molar-refractivity contribution >= 4 is 0 Å². The standard InChI is InChI=1S/C11H21F2N/c1-11(2,3)7-8-5-9(12)14(4)10(13)6-8/h8-10H,5-7H2,1-4H3. The molecule has 0 N–H and O–H groups in total. The molecule has 2 atom stereocenters. The largest absolute Gasteiger partial charge is 0.247 e. The van der Waals surface area contributed by atoms with Crippen LogP contribution in [0.2, 0.25) is 0 Å². The van der Waals surface area contributed by atoms with Crippen molar-refractivity contribution in [1.29, 1.82) is 0 Å². The van der Waals surface area contributed by atoms with Crippen LogP contribution in [0.1, 0.15) is 40.0 Å². The first kappa shape index (κ1) is 11.9. The zero-order valence-electron chi connectivity index (χ0n) is 9.56. The minimum atomic E-state index is -1.11. The second-order valence-corrected chi connectivity index (χ2v) is 5.64. The molecule has 1 rings (SSSR count). The third-order valence-corrected chi connectivity index (χ3v) is 2.84. The second kappa shape index (κ2) is 4.13. The van der Waals surface area contributed by atoms with Crippen molar-refractivity contribution in [2.45, 2.75) is 52.6 Å². The van der Waals surface area contributed by atoms with Crippen LogP contribution in [0.5, 0.6) is 0 Å². The summed E-state index contributed by atoms with van der Waals surface area (Å²) in [6.07, 6.45) is -0.346. The van der Waals surface area contributed by atoms with Crippen LogP contribution in [0, 0.1) is 11.3 Å². The highest BCUT2D eigenvalue weighted by Gasteiger charge is 2.34. The van der Waals surface area contributed by atoms with E-state index < -0.39 is 12.6 Å². The molecule has 2 unspecified atom stereocenters. The van der Waals surface area contributed by atoms with Gasteiger partial charge in [-0.1, -0.05) is 20.8 Å². The normalized spacial score (nSPS) is 36.0. The zero-order valence-corrected chi connectivity index (χ0v) is 9.56. The summed E-state index contributed by atoms with van der Waals surface area (Å²) in [6, 6.07) is 0. The van der Waals surface area contributed by atoms with Gasteiger partial charge >= 0.3 is 0 Å². The lowest BCUT2D eigenvalue weighted by molar-refractivity contribution is -0.0624. The van der Waals surface area contributed by atoms with Crippen LogP contribution >= 0.6 is 0 Å². The first-order valence-electron chi connectivity index (χ1n) is 5.29. The van der Waals surface area contributed by atoms with E-state index >= 15 is 0 Å². The smallest absolute Gasteiger partial charge is 0.155 e. The van der Waals surface area contributed by atoms with Gasteiger partial charge < -0.3 is 0 Å². The van der Waals surface area contributed by atoms with E-state index in [1.807, 2.05) is 0 Å². The molecule has 0 saturated carbocycles. The predicted molar refractivity (Wildman–Crippen MR) is 54.4 cm³/mol. The van der Waals surface area contributed by atoms with E-state index in [9.17, 15) is 8.78 Å². The van der Waals surface area contributed by atoms with Crippen molar-refractivity contribution in [3.8, 4) is 0 Å². The van der Waals surface area contributed by atoms with Crippen LogP contribution in [0.4, 0.5) is 8.78 Å². The number of hydrogen-bond acceptors (Lipinski definition) is 1. The molecule has 84 valence electrons. The molecule has 0 aromatic rings. The fourth-order valence-corrected chi connectivity index (χ4v) is 2.19. The lowest BCUT2D eigenvalue weighted by Gasteiger charge is -2.37. The molecule has 14 heavy (non-hydrogen) atoms. The SMILES string of the molecule is CN1C(F)CC(CC(C)(C)C)CC1F. The maximum absolute atomic E-state index is 13.3. The van der Waals surface area contributed by atoms with Gasteiger partial charge in [0.15, 0.2) is 12.6 Å². The van der Waals surface area contributed by atoms with Gasteiger partial charge in [0, 0.05) is 0 Å². The van der Waals surface area contributed by atoms with Crippen molar-refractivity contribution < 1.29 is 8.78 Å². The summed E-state index contributed by atoms with van der Waals surface area (Å²) < 4.78 is 26.7. The Bertz CT molecular complexity index is 176. The molecular formula is C11H21F2N. The minimum Gasteiger partial charge on any atom is -0.247 e. The Morgan fingerprint density at radius 2 is 1.57 bits per heavy atom.